The van der Waals surface area contributed by atoms with Gasteiger partial charge >= 0.3 is 0 Å². The first-order chi connectivity index (χ1) is 37.9. The number of rotatable bonds is 8. The van der Waals surface area contributed by atoms with Crippen LogP contribution in [0.4, 0.5) is 0 Å². The van der Waals surface area contributed by atoms with Gasteiger partial charge in [0.15, 0.2) is 0 Å². The van der Waals surface area contributed by atoms with Gasteiger partial charge in [-0.15, -0.1) is 0 Å². The summed E-state index contributed by atoms with van der Waals surface area (Å²) in [5.41, 5.74) is 8.30. The first kappa shape index (κ1) is 45.9. The smallest absolute Gasteiger partial charge is 0.146 e. The van der Waals surface area contributed by atoms with Crippen LogP contribution in [0.2, 0.25) is 0 Å². The van der Waals surface area contributed by atoms with Crippen molar-refractivity contribution in [1.29, 1.82) is 0 Å². The summed E-state index contributed by atoms with van der Waals surface area (Å²) in [6.45, 7) is 0. The largest absolute Gasteiger partial charge is 0.291 e. The molecular formula is C70H45N3P2S2. The third kappa shape index (κ3) is 7.30. The van der Waals surface area contributed by atoms with E-state index in [1.807, 2.05) is 6.20 Å². The minimum Gasteiger partial charge on any atom is -0.291 e. The Balaban J connectivity index is 0.873. The average Bonchev–Trinajstić information content (AvgIpc) is 3.93. The second kappa shape index (κ2) is 18.1. The summed E-state index contributed by atoms with van der Waals surface area (Å²) in [7, 11) is 0. The normalized spacial score (nSPS) is 13.5. The van der Waals surface area contributed by atoms with E-state index in [1.54, 1.807) is 0 Å². The Bertz CT molecular complexity index is 5000. The van der Waals surface area contributed by atoms with Crippen LogP contribution in [0, 0.1) is 0 Å². The molecule has 0 aliphatic carbocycles. The zero-order valence-corrected chi connectivity index (χ0v) is 45.0. The molecule has 0 bridgehead atoms. The van der Waals surface area contributed by atoms with E-state index in [0.717, 1.165) is 76.7 Å². The first-order valence-electron chi connectivity index (χ1n) is 25.9. The maximum atomic E-state index is 7.07. The van der Waals surface area contributed by atoms with Crippen molar-refractivity contribution < 1.29 is 0 Å². The Morgan fingerprint density at radius 2 is 0.896 bits per heavy atom. The number of nitrogens with zero attached hydrogens (tertiary/aromatic N) is 3. The number of hydrogen-bond donors (Lipinski definition) is 0. The summed E-state index contributed by atoms with van der Waals surface area (Å²) >= 11 is 13.9. The monoisotopic (exact) mass is 1050 g/mol. The molecule has 2 atom stereocenters. The SMILES string of the molecule is S=P(c1ccccc1)(c1ccc(-c2ccc3c(ccc4c5ccccc5c5nc6ccc(-c7ccc(P(=S)(c8ccccc8)c8ccc9ccccc9c8)c8ccccc78)cc6n5c34)c2)nc1)c1ccc2ccccc2c1. The van der Waals surface area contributed by atoms with Crippen LogP contribution >= 0.6 is 12.1 Å². The van der Waals surface area contributed by atoms with Crippen molar-refractivity contribution in [3.8, 4) is 22.4 Å². The van der Waals surface area contributed by atoms with E-state index in [-0.39, 0.29) is 0 Å². The van der Waals surface area contributed by atoms with E-state index >= 15 is 0 Å². The van der Waals surface area contributed by atoms with Crippen molar-refractivity contribution in [3.05, 3.63) is 273 Å². The highest BCUT2D eigenvalue weighted by atomic mass is 32.4. The third-order valence-electron chi connectivity index (χ3n) is 15.7. The van der Waals surface area contributed by atoms with Crippen molar-refractivity contribution in [3.63, 3.8) is 0 Å². The van der Waals surface area contributed by atoms with Gasteiger partial charge in [-0.3, -0.25) is 9.38 Å². The van der Waals surface area contributed by atoms with Crippen LogP contribution in [0.5, 0.6) is 0 Å². The highest BCUT2D eigenvalue weighted by molar-refractivity contribution is 8.26. The van der Waals surface area contributed by atoms with E-state index in [9.17, 15) is 0 Å². The molecule has 15 aromatic rings. The topological polar surface area (TPSA) is 30.2 Å². The molecule has 0 aliphatic rings. The van der Waals surface area contributed by atoms with Crippen LogP contribution in [0.15, 0.2) is 273 Å². The molecule has 0 radical (unpaired) electrons. The molecule has 3 heterocycles. The Labute approximate surface area is 455 Å². The summed E-state index contributed by atoms with van der Waals surface area (Å²) in [6, 6.07) is 91.6. The lowest BCUT2D eigenvalue weighted by Gasteiger charge is -2.26. The van der Waals surface area contributed by atoms with Gasteiger partial charge in [-0.2, -0.15) is 0 Å². The van der Waals surface area contributed by atoms with Crippen LogP contribution in [0.1, 0.15) is 0 Å². The zero-order chi connectivity index (χ0) is 51.2. The number of benzene rings is 12. The molecule has 0 saturated heterocycles. The molecule has 7 heteroatoms. The highest BCUT2D eigenvalue weighted by Gasteiger charge is 2.29. The summed E-state index contributed by atoms with van der Waals surface area (Å²) < 4.78 is 2.40. The fourth-order valence-electron chi connectivity index (χ4n) is 11.9. The molecule has 0 fully saturated rings. The van der Waals surface area contributed by atoms with Crippen LogP contribution in [0.25, 0.3) is 104 Å². The highest BCUT2D eigenvalue weighted by Crippen LogP contribution is 2.48. The van der Waals surface area contributed by atoms with E-state index < -0.39 is 12.1 Å². The molecule has 0 N–H and O–H groups in total. The predicted molar refractivity (Wildman–Crippen MR) is 339 cm³/mol. The van der Waals surface area contributed by atoms with Crippen LogP contribution in [-0.4, -0.2) is 14.4 Å². The molecule has 0 aliphatic heterocycles. The average molecular weight is 1050 g/mol. The van der Waals surface area contributed by atoms with Gasteiger partial charge in [0, 0.05) is 50.6 Å². The Morgan fingerprint density at radius 1 is 0.338 bits per heavy atom. The molecule has 0 saturated carbocycles. The summed E-state index contributed by atoms with van der Waals surface area (Å²) in [4.78, 5) is 10.6. The van der Waals surface area contributed by atoms with Crippen molar-refractivity contribution in [2.45, 2.75) is 0 Å². The number of aromatic nitrogens is 3. The van der Waals surface area contributed by atoms with Gasteiger partial charge in [0.05, 0.1) is 22.2 Å². The summed E-state index contributed by atoms with van der Waals surface area (Å²) in [6.07, 6.45) is 2.02. The fraction of sp³-hybridized carbons (Fsp3) is 0. The molecule has 3 aromatic heterocycles. The van der Waals surface area contributed by atoms with Gasteiger partial charge < -0.3 is 0 Å². The minimum atomic E-state index is -2.52. The van der Waals surface area contributed by atoms with Crippen LogP contribution < -0.4 is 31.8 Å². The maximum Gasteiger partial charge on any atom is 0.146 e. The van der Waals surface area contributed by atoms with E-state index in [1.165, 1.54) is 59.0 Å². The standard InChI is InChI=1S/C70H45N3P2S2/c76-74(53-19-3-1-4-20-53,55-32-27-46-15-7-9-17-48(46)42-55)57-34-39-65(71-45-57)52-30-35-59-50(41-52)29-36-63-61-24-12-14-26-64(61)70-72-66-38-31-51(44-67(66)73(70)69(59)63)58-37-40-68(62-25-13-11-23-60(58)62)75(77,54-21-5-2-6-22-54)56-33-28-47-16-8-10-18-49(47)43-56/h1-45H. The third-order valence-corrected chi connectivity index (χ3v) is 25.6. The molecule has 2 unspecified atom stereocenters. The van der Waals surface area contributed by atoms with E-state index in [0.29, 0.717) is 0 Å². The molecule has 3 nitrogen and oxygen atoms in total. The van der Waals surface area contributed by atoms with Crippen LogP contribution in [-0.2, 0) is 23.6 Å². The number of fused-ring (bicyclic) bond motifs is 13. The van der Waals surface area contributed by atoms with Gasteiger partial charge in [0.25, 0.3) is 0 Å². The van der Waals surface area contributed by atoms with Gasteiger partial charge in [0.1, 0.15) is 5.65 Å². The number of imidazole rings is 1. The summed E-state index contributed by atoms with van der Waals surface area (Å²) in [5, 5.41) is 19.8. The molecule has 0 spiro atoms. The fourth-order valence-corrected chi connectivity index (χ4v) is 19.6. The quantitative estimate of drug-likeness (QED) is 0.112. The molecule has 0 amide bonds. The maximum absolute atomic E-state index is 7.07. The molecular weight excluding hydrogens is 1010 g/mol. The number of hydrogen-bond acceptors (Lipinski definition) is 4. The van der Waals surface area contributed by atoms with E-state index in [4.69, 9.17) is 33.6 Å². The van der Waals surface area contributed by atoms with Gasteiger partial charge in [-0.05, 0) is 118 Å². The van der Waals surface area contributed by atoms with Crippen molar-refractivity contribution in [2.75, 3.05) is 0 Å². The Kier molecular flexibility index (Phi) is 10.8. The van der Waals surface area contributed by atoms with E-state index in [2.05, 4.69) is 271 Å². The zero-order valence-electron chi connectivity index (χ0n) is 41.5. The Hall–Kier alpha value is -8.40. The lowest BCUT2D eigenvalue weighted by atomic mass is 9.97. The lowest BCUT2D eigenvalue weighted by molar-refractivity contribution is 1.32. The summed E-state index contributed by atoms with van der Waals surface area (Å²) in [5.74, 6) is 0. The van der Waals surface area contributed by atoms with Gasteiger partial charge in [-0.25, -0.2) is 4.98 Å². The van der Waals surface area contributed by atoms with Gasteiger partial charge in [0.2, 0.25) is 0 Å². The van der Waals surface area contributed by atoms with Crippen molar-refractivity contribution in [2.24, 2.45) is 0 Å². The first-order valence-corrected chi connectivity index (χ1v) is 31.5. The molecule has 362 valence electrons. The predicted octanol–water partition coefficient (Wildman–Crippen LogP) is 15.6. The minimum absolute atomic E-state index is 0.903. The van der Waals surface area contributed by atoms with Crippen molar-refractivity contribution >= 4 is 149 Å². The molecule has 12 aromatic carbocycles. The van der Waals surface area contributed by atoms with Gasteiger partial charge in [-0.1, -0.05) is 248 Å². The second-order valence-electron chi connectivity index (χ2n) is 19.9. The van der Waals surface area contributed by atoms with Crippen molar-refractivity contribution in [1.82, 2.24) is 14.4 Å². The van der Waals surface area contributed by atoms with Crippen LogP contribution in [0.3, 0.4) is 0 Å². The lowest BCUT2D eigenvalue weighted by Crippen LogP contribution is -2.25. The number of pyridine rings is 2. The molecule has 77 heavy (non-hydrogen) atoms. The Morgan fingerprint density at radius 3 is 1.58 bits per heavy atom. The second-order valence-corrected chi connectivity index (χ2v) is 28.7. The molecule has 15 rings (SSSR count).